The number of urea groups is 1. The Hall–Kier alpha value is -1.03. The second-order valence-corrected chi connectivity index (χ2v) is 3.70. The lowest BCUT2D eigenvalue weighted by Crippen LogP contribution is -2.43. The first kappa shape index (κ1) is 12.0. The first-order chi connectivity index (χ1) is 7.29. The molecule has 0 atom stereocenters. The zero-order chi connectivity index (χ0) is 11.1. The van der Waals surface area contributed by atoms with Gasteiger partial charge in [-0.05, 0) is 12.8 Å². The fraction of sp³-hybridized carbons (Fsp3) is 0.727. The van der Waals surface area contributed by atoms with Gasteiger partial charge in [-0.3, -0.25) is 0 Å². The van der Waals surface area contributed by atoms with Crippen molar-refractivity contribution in [2.75, 3.05) is 39.9 Å². The summed E-state index contributed by atoms with van der Waals surface area (Å²) < 4.78 is 4.98. The molecule has 1 rings (SSSR count). The Morgan fingerprint density at radius 1 is 1.53 bits per heavy atom. The standard InChI is InChI=1S/C11H20N2O2/c1-3-6-12(9-10-15-2)11(14)13-7-4-5-8-13/h3H,1,4-10H2,2H3. The van der Waals surface area contributed by atoms with E-state index in [2.05, 4.69) is 6.58 Å². The predicted molar refractivity (Wildman–Crippen MR) is 59.8 cm³/mol. The van der Waals surface area contributed by atoms with Gasteiger partial charge in [0.05, 0.1) is 6.61 Å². The molecule has 0 saturated carbocycles. The Labute approximate surface area is 91.5 Å². The quantitative estimate of drug-likeness (QED) is 0.644. The molecule has 0 radical (unpaired) electrons. The van der Waals surface area contributed by atoms with E-state index in [0.29, 0.717) is 19.7 Å². The Kier molecular flexibility index (Phi) is 5.18. The van der Waals surface area contributed by atoms with Gasteiger partial charge in [-0.1, -0.05) is 6.08 Å². The molecule has 0 bridgehead atoms. The molecule has 15 heavy (non-hydrogen) atoms. The van der Waals surface area contributed by atoms with E-state index in [0.717, 1.165) is 25.9 Å². The van der Waals surface area contributed by atoms with Crippen molar-refractivity contribution in [2.45, 2.75) is 12.8 Å². The van der Waals surface area contributed by atoms with E-state index in [1.165, 1.54) is 0 Å². The molecule has 1 aliphatic heterocycles. The Morgan fingerprint density at radius 2 is 2.20 bits per heavy atom. The summed E-state index contributed by atoms with van der Waals surface area (Å²) in [5, 5.41) is 0. The largest absolute Gasteiger partial charge is 0.383 e. The molecule has 1 aliphatic rings. The number of ether oxygens (including phenoxy) is 1. The topological polar surface area (TPSA) is 32.8 Å². The van der Waals surface area contributed by atoms with Crippen LogP contribution in [0.4, 0.5) is 4.79 Å². The van der Waals surface area contributed by atoms with Crippen LogP contribution in [0.25, 0.3) is 0 Å². The molecule has 1 saturated heterocycles. The van der Waals surface area contributed by atoms with E-state index in [1.54, 1.807) is 18.1 Å². The summed E-state index contributed by atoms with van der Waals surface area (Å²) in [6.07, 6.45) is 4.00. The van der Waals surface area contributed by atoms with E-state index in [9.17, 15) is 4.79 Å². The highest BCUT2D eigenvalue weighted by Crippen LogP contribution is 2.10. The van der Waals surface area contributed by atoms with Crippen LogP contribution in [0.5, 0.6) is 0 Å². The molecule has 0 aromatic rings. The maximum atomic E-state index is 12.0. The smallest absolute Gasteiger partial charge is 0.320 e. The van der Waals surface area contributed by atoms with Gasteiger partial charge in [-0.25, -0.2) is 4.79 Å². The minimum absolute atomic E-state index is 0.115. The van der Waals surface area contributed by atoms with Crippen LogP contribution in [0.15, 0.2) is 12.7 Å². The van der Waals surface area contributed by atoms with E-state index in [1.807, 2.05) is 4.90 Å². The van der Waals surface area contributed by atoms with Crippen LogP contribution in [0.2, 0.25) is 0 Å². The molecule has 4 heteroatoms. The highest BCUT2D eigenvalue weighted by atomic mass is 16.5. The minimum atomic E-state index is 0.115. The summed E-state index contributed by atoms with van der Waals surface area (Å²) in [5.74, 6) is 0. The van der Waals surface area contributed by atoms with Gasteiger partial charge in [0.2, 0.25) is 0 Å². The van der Waals surface area contributed by atoms with Gasteiger partial charge in [0.25, 0.3) is 0 Å². The van der Waals surface area contributed by atoms with Crippen LogP contribution >= 0.6 is 0 Å². The summed E-state index contributed by atoms with van der Waals surface area (Å²) in [6.45, 7) is 7.25. The van der Waals surface area contributed by atoms with E-state index in [4.69, 9.17) is 4.74 Å². The van der Waals surface area contributed by atoms with Crippen LogP contribution in [0, 0.1) is 0 Å². The van der Waals surface area contributed by atoms with Crippen molar-refractivity contribution >= 4 is 6.03 Å². The lowest BCUT2D eigenvalue weighted by atomic mass is 10.4. The number of nitrogens with zero attached hydrogens (tertiary/aromatic N) is 2. The molecule has 0 aliphatic carbocycles. The van der Waals surface area contributed by atoms with E-state index < -0.39 is 0 Å². The van der Waals surface area contributed by atoms with Crippen LogP contribution in [0.3, 0.4) is 0 Å². The molecule has 0 spiro atoms. The number of methoxy groups -OCH3 is 1. The molecule has 1 fully saturated rings. The second kappa shape index (κ2) is 6.45. The van der Waals surface area contributed by atoms with Crippen molar-refractivity contribution in [3.8, 4) is 0 Å². The third-order valence-corrected chi connectivity index (χ3v) is 2.56. The maximum Gasteiger partial charge on any atom is 0.320 e. The molecule has 2 amide bonds. The summed E-state index contributed by atoms with van der Waals surface area (Å²) in [4.78, 5) is 15.7. The molecular formula is C11H20N2O2. The highest BCUT2D eigenvalue weighted by Gasteiger charge is 2.22. The van der Waals surface area contributed by atoms with Gasteiger partial charge < -0.3 is 14.5 Å². The lowest BCUT2D eigenvalue weighted by molar-refractivity contribution is 0.136. The Balaban J connectivity index is 2.45. The monoisotopic (exact) mass is 212 g/mol. The number of hydrogen-bond donors (Lipinski definition) is 0. The van der Waals surface area contributed by atoms with Gasteiger partial charge in [-0.2, -0.15) is 0 Å². The summed E-state index contributed by atoms with van der Waals surface area (Å²) >= 11 is 0. The molecule has 1 heterocycles. The van der Waals surface area contributed by atoms with E-state index in [-0.39, 0.29) is 6.03 Å². The molecule has 4 nitrogen and oxygen atoms in total. The van der Waals surface area contributed by atoms with Gasteiger partial charge in [0, 0.05) is 33.3 Å². The summed E-state index contributed by atoms with van der Waals surface area (Å²) in [5.41, 5.74) is 0. The summed E-state index contributed by atoms with van der Waals surface area (Å²) in [7, 11) is 1.65. The number of rotatable bonds is 5. The van der Waals surface area contributed by atoms with Crippen molar-refractivity contribution < 1.29 is 9.53 Å². The number of carbonyl (C=O) groups is 1. The molecule has 0 aromatic heterocycles. The molecule has 86 valence electrons. The first-order valence-electron chi connectivity index (χ1n) is 5.43. The zero-order valence-corrected chi connectivity index (χ0v) is 9.45. The van der Waals surface area contributed by atoms with Crippen LogP contribution < -0.4 is 0 Å². The summed E-state index contributed by atoms with van der Waals surface area (Å²) in [6, 6.07) is 0.115. The van der Waals surface area contributed by atoms with Crippen molar-refractivity contribution in [1.82, 2.24) is 9.80 Å². The fourth-order valence-corrected chi connectivity index (χ4v) is 1.73. The van der Waals surface area contributed by atoms with Gasteiger partial charge in [0.1, 0.15) is 0 Å². The normalized spacial score (nSPS) is 15.4. The average Bonchev–Trinajstić information content (AvgIpc) is 2.76. The van der Waals surface area contributed by atoms with Crippen LogP contribution in [-0.2, 0) is 4.74 Å². The van der Waals surface area contributed by atoms with E-state index >= 15 is 0 Å². The molecule has 0 aromatic carbocycles. The number of amides is 2. The molecule has 0 unspecified atom stereocenters. The fourth-order valence-electron chi connectivity index (χ4n) is 1.73. The number of hydrogen-bond acceptors (Lipinski definition) is 2. The second-order valence-electron chi connectivity index (χ2n) is 3.70. The van der Waals surface area contributed by atoms with Crippen molar-refractivity contribution in [3.63, 3.8) is 0 Å². The third-order valence-electron chi connectivity index (χ3n) is 2.56. The molecule has 0 N–H and O–H groups in total. The Bertz CT molecular complexity index is 213. The highest BCUT2D eigenvalue weighted by molar-refractivity contribution is 5.74. The maximum absolute atomic E-state index is 12.0. The Morgan fingerprint density at radius 3 is 2.73 bits per heavy atom. The minimum Gasteiger partial charge on any atom is -0.383 e. The SMILES string of the molecule is C=CCN(CCOC)C(=O)N1CCCC1. The van der Waals surface area contributed by atoms with Gasteiger partial charge in [-0.15, -0.1) is 6.58 Å². The average molecular weight is 212 g/mol. The third kappa shape index (κ3) is 3.55. The van der Waals surface area contributed by atoms with Gasteiger partial charge >= 0.3 is 6.03 Å². The number of carbonyl (C=O) groups excluding carboxylic acids is 1. The lowest BCUT2D eigenvalue weighted by Gasteiger charge is -2.26. The van der Waals surface area contributed by atoms with Crippen molar-refractivity contribution in [1.29, 1.82) is 0 Å². The van der Waals surface area contributed by atoms with Crippen molar-refractivity contribution in [2.24, 2.45) is 0 Å². The van der Waals surface area contributed by atoms with Crippen molar-refractivity contribution in [3.05, 3.63) is 12.7 Å². The molecular weight excluding hydrogens is 192 g/mol. The predicted octanol–water partition coefficient (Wildman–Crippen LogP) is 1.34. The van der Waals surface area contributed by atoms with Gasteiger partial charge in [0.15, 0.2) is 0 Å². The zero-order valence-electron chi connectivity index (χ0n) is 9.45. The first-order valence-corrected chi connectivity index (χ1v) is 5.43. The van der Waals surface area contributed by atoms with Crippen LogP contribution in [-0.4, -0.2) is 55.7 Å². The number of likely N-dealkylation sites (tertiary alicyclic amines) is 1. The van der Waals surface area contributed by atoms with Crippen LogP contribution in [0.1, 0.15) is 12.8 Å².